The van der Waals surface area contributed by atoms with Crippen LogP contribution in [-0.4, -0.2) is 33.9 Å². The number of imidazole rings is 1. The molecule has 2 heterocycles. The van der Waals surface area contributed by atoms with E-state index in [1.54, 1.807) is 6.33 Å². The Kier molecular flexibility index (Phi) is 5.13. The van der Waals surface area contributed by atoms with Gasteiger partial charge in [0.05, 0.1) is 12.0 Å². The summed E-state index contributed by atoms with van der Waals surface area (Å²) in [5.41, 5.74) is 3.24. The Morgan fingerprint density at radius 1 is 1.33 bits per heavy atom. The number of aromatic nitrogens is 3. The number of pyridine rings is 1. The number of hydrogen-bond donors (Lipinski definition) is 2. The molecule has 0 bridgehead atoms. The number of nitrogens with one attached hydrogen (secondary N) is 2. The first-order chi connectivity index (χ1) is 11.7. The van der Waals surface area contributed by atoms with Gasteiger partial charge in [0.25, 0.3) is 0 Å². The SMILES string of the molecule is CCN(CC)c1ccc(CNC(=O)C2CCc3nc[nH]c3C2)cn1. The molecular formula is C18H25N5O. The number of H-pyrrole nitrogens is 1. The summed E-state index contributed by atoms with van der Waals surface area (Å²) >= 11 is 0. The van der Waals surface area contributed by atoms with Crippen molar-refractivity contribution in [1.82, 2.24) is 20.3 Å². The molecule has 0 fully saturated rings. The summed E-state index contributed by atoms with van der Waals surface area (Å²) in [4.78, 5) is 26.5. The molecular weight excluding hydrogens is 302 g/mol. The van der Waals surface area contributed by atoms with Crippen LogP contribution in [0.4, 0.5) is 5.82 Å². The minimum absolute atomic E-state index is 0.0286. The van der Waals surface area contributed by atoms with Crippen LogP contribution in [0, 0.1) is 5.92 Å². The second-order valence-electron chi connectivity index (χ2n) is 6.18. The molecule has 0 saturated heterocycles. The Morgan fingerprint density at radius 3 is 2.88 bits per heavy atom. The van der Waals surface area contributed by atoms with Crippen molar-refractivity contribution in [1.29, 1.82) is 0 Å². The van der Waals surface area contributed by atoms with Crippen LogP contribution in [0.1, 0.15) is 37.2 Å². The third-order valence-corrected chi connectivity index (χ3v) is 4.72. The van der Waals surface area contributed by atoms with Gasteiger partial charge >= 0.3 is 0 Å². The number of aryl methyl sites for hydroxylation is 1. The van der Waals surface area contributed by atoms with Crippen LogP contribution < -0.4 is 10.2 Å². The van der Waals surface area contributed by atoms with Crippen molar-refractivity contribution in [2.45, 2.75) is 39.7 Å². The molecule has 2 aromatic rings. The number of amides is 1. The highest BCUT2D eigenvalue weighted by atomic mass is 16.1. The number of carbonyl (C=O) groups is 1. The highest BCUT2D eigenvalue weighted by molar-refractivity contribution is 5.79. The number of aromatic amines is 1. The molecule has 1 aliphatic rings. The summed E-state index contributed by atoms with van der Waals surface area (Å²) in [5.74, 6) is 1.12. The Morgan fingerprint density at radius 2 is 2.17 bits per heavy atom. The first-order valence-electron chi connectivity index (χ1n) is 8.70. The molecule has 0 aromatic carbocycles. The average Bonchev–Trinajstić information content (AvgIpc) is 3.09. The fourth-order valence-electron chi connectivity index (χ4n) is 3.21. The Bertz CT molecular complexity index is 675. The third kappa shape index (κ3) is 3.58. The average molecular weight is 327 g/mol. The smallest absolute Gasteiger partial charge is 0.223 e. The standard InChI is InChI=1S/C18H25N5O/c1-3-23(4-2)17-8-5-13(10-19-17)11-20-18(24)14-6-7-15-16(9-14)22-12-21-15/h5,8,10,12,14H,3-4,6-7,9,11H2,1-2H3,(H,20,24)(H,21,22). The van der Waals surface area contributed by atoms with Crippen molar-refractivity contribution in [3.05, 3.63) is 41.6 Å². The lowest BCUT2D eigenvalue weighted by atomic mass is 9.89. The monoisotopic (exact) mass is 327 g/mol. The van der Waals surface area contributed by atoms with Crippen LogP contribution in [-0.2, 0) is 24.2 Å². The van der Waals surface area contributed by atoms with E-state index in [9.17, 15) is 4.79 Å². The minimum Gasteiger partial charge on any atom is -0.357 e. The minimum atomic E-state index is 0.0286. The lowest BCUT2D eigenvalue weighted by molar-refractivity contribution is -0.125. The number of fused-ring (bicyclic) bond motifs is 1. The van der Waals surface area contributed by atoms with E-state index in [0.717, 1.165) is 55.1 Å². The maximum absolute atomic E-state index is 12.4. The normalized spacial score (nSPS) is 16.5. The van der Waals surface area contributed by atoms with Crippen LogP contribution >= 0.6 is 0 Å². The summed E-state index contributed by atoms with van der Waals surface area (Å²) in [6.07, 6.45) is 6.05. The fourth-order valence-corrected chi connectivity index (χ4v) is 3.21. The number of carbonyl (C=O) groups excluding carboxylic acids is 1. The summed E-state index contributed by atoms with van der Waals surface area (Å²) in [7, 11) is 0. The van der Waals surface area contributed by atoms with Crippen molar-refractivity contribution in [2.24, 2.45) is 5.92 Å². The molecule has 6 nitrogen and oxygen atoms in total. The van der Waals surface area contributed by atoms with Gasteiger partial charge in [0, 0.05) is 43.9 Å². The van der Waals surface area contributed by atoms with E-state index in [-0.39, 0.29) is 11.8 Å². The van der Waals surface area contributed by atoms with Crippen LogP contribution in [0.5, 0.6) is 0 Å². The molecule has 1 unspecified atom stereocenters. The third-order valence-electron chi connectivity index (χ3n) is 4.72. The largest absolute Gasteiger partial charge is 0.357 e. The van der Waals surface area contributed by atoms with Crippen molar-refractivity contribution < 1.29 is 4.79 Å². The van der Waals surface area contributed by atoms with Crippen molar-refractivity contribution in [2.75, 3.05) is 18.0 Å². The van der Waals surface area contributed by atoms with E-state index in [0.29, 0.717) is 6.54 Å². The van der Waals surface area contributed by atoms with Crippen molar-refractivity contribution >= 4 is 11.7 Å². The van der Waals surface area contributed by atoms with Gasteiger partial charge in [0.1, 0.15) is 5.82 Å². The van der Waals surface area contributed by atoms with Gasteiger partial charge < -0.3 is 15.2 Å². The van der Waals surface area contributed by atoms with Gasteiger partial charge in [-0.2, -0.15) is 0 Å². The van der Waals surface area contributed by atoms with E-state index >= 15 is 0 Å². The van der Waals surface area contributed by atoms with Crippen LogP contribution in [0.2, 0.25) is 0 Å². The molecule has 0 radical (unpaired) electrons. The lowest BCUT2D eigenvalue weighted by Crippen LogP contribution is -2.33. The van der Waals surface area contributed by atoms with Crippen molar-refractivity contribution in [3.63, 3.8) is 0 Å². The zero-order chi connectivity index (χ0) is 16.9. The van der Waals surface area contributed by atoms with Crippen LogP contribution in [0.3, 0.4) is 0 Å². The second kappa shape index (κ2) is 7.47. The molecule has 3 rings (SSSR count). The Balaban J connectivity index is 1.53. The molecule has 0 spiro atoms. The topological polar surface area (TPSA) is 73.9 Å². The van der Waals surface area contributed by atoms with E-state index in [1.165, 1.54) is 0 Å². The molecule has 2 N–H and O–H groups in total. The van der Waals surface area contributed by atoms with Gasteiger partial charge in [-0.25, -0.2) is 9.97 Å². The van der Waals surface area contributed by atoms with Gasteiger partial charge in [0.2, 0.25) is 5.91 Å². The molecule has 6 heteroatoms. The molecule has 128 valence electrons. The maximum Gasteiger partial charge on any atom is 0.223 e. The zero-order valence-corrected chi connectivity index (χ0v) is 14.4. The van der Waals surface area contributed by atoms with Gasteiger partial charge in [-0.15, -0.1) is 0 Å². The Labute approximate surface area is 142 Å². The first kappa shape index (κ1) is 16.5. The quantitative estimate of drug-likeness (QED) is 0.852. The summed E-state index contributed by atoms with van der Waals surface area (Å²) in [6, 6.07) is 4.06. The van der Waals surface area contributed by atoms with E-state index in [1.807, 2.05) is 18.3 Å². The number of hydrogen-bond acceptors (Lipinski definition) is 4. The molecule has 1 aliphatic carbocycles. The zero-order valence-electron chi connectivity index (χ0n) is 14.4. The van der Waals surface area contributed by atoms with Crippen LogP contribution in [0.15, 0.2) is 24.7 Å². The molecule has 24 heavy (non-hydrogen) atoms. The molecule has 1 atom stereocenters. The summed E-state index contributed by atoms with van der Waals surface area (Å²) < 4.78 is 0. The highest BCUT2D eigenvalue weighted by Crippen LogP contribution is 2.23. The molecule has 0 saturated carbocycles. The summed E-state index contributed by atoms with van der Waals surface area (Å²) in [5, 5.41) is 3.04. The van der Waals surface area contributed by atoms with Gasteiger partial charge in [0.15, 0.2) is 0 Å². The summed E-state index contributed by atoms with van der Waals surface area (Å²) in [6.45, 7) is 6.65. The van der Waals surface area contributed by atoms with E-state index < -0.39 is 0 Å². The molecule has 1 amide bonds. The fraction of sp³-hybridized carbons (Fsp3) is 0.500. The predicted octanol–water partition coefficient (Wildman–Crippen LogP) is 2.07. The van der Waals surface area contributed by atoms with E-state index in [4.69, 9.17) is 0 Å². The highest BCUT2D eigenvalue weighted by Gasteiger charge is 2.25. The number of anilines is 1. The predicted molar refractivity (Wildman–Crippen MR) is 93.7 cm³/mol. The van der Waals surface area contributed by atoms with Gasteiger partial charge in [-0.3, -0.25) is 4.79 Å². The Hall–Kier alpha value is -2.37. The van der Waals surface area contributed by atoms with Gasteiger partial charge in [-0.1, -0.05) is 6.07 Å². The number of nitrogens with zero attached hydrogens (tertiary/aromatic N) is 3. The molecule has 0 aliphatic heterocycles. The van der Waals surface area contributed by atoms with Gasteiger partial charge in [-0.05, 0) is 38.3 Å². The lowest BCUT2D eigenvalue weighted by Gasteiger charge is -2.21. The molecule has 2 aromatic heterocycles. The van der Waals surface area contributed by atoms with Crippen LogP contribution in [0.25, 0.3) is 0 Å². The second-order valence-corrected chi connectivity index (χ2v) is 6.18. The first-order valence-corrected chi connectivity index (χ1v) is 8.70. The van der Waals surface area contributed by atoms with Crippen molar-refractivity contribution in [3.8, 4) is 0 Å². The maximum atomic E-state index is 12.4. The number of rotatable bonds is 6. The van der Waals surface area contributed by atoms with E-state index in [2.05, 4.69) is 39.0 Å².